The number of aromatic carboxylic acids is 1. The molecule has 0 atom stereocenters. The van der Waals surface area contributed by atoms with Gasteiger partial charge in [-0.1, -0.05) is 30.3 Å². The number of phenols is 1. The highest BCUT2D eigenvalue weighted by molar-refractivity contribution is 5.92. The van der Waals surface area contributed by atoms with E-state index in [1.54, 1.807) is 30.3 Å². The van der Waals surface area contributed by atoms with E-state index in [0.717, 1.165) is 6.07 Å². The molecule has 4 heteroatoms. The van der Waals surface area contributed by atoms with Crippen LogP contribution in [0.3, 0.4) is 0 Å². The summed E-state index contributed by atoms with van der Waals surface area (Å²) in [7, 11) is 0. The molecule has 0 heterocycles. The van der Waals surface area contributed by atoms with Gasteiger partial charge in [-0.3, -0.25) is 0 Å². The smallest absolute Gasteiger partial charge is 0.339 e. The number of hydrogen-bond donors (Lipinski definition) is 2. The Balaban J connectivity index is 2.61. The Morgan fingerprint density at radius 1 is 1.06 bits per heavy atom. The fraction of sp³-hybridized carbons (Fsp3) is 0. The minimum Gasteiger partial charge on any atom is -0.504 e. The maximum absolute atomic E-state index is 13.4. The Bertz CT molecular complexity index is 564. The van der Waals surface area contributed by atoms with Crippen LogP contribution in [0.25, 0.3) is 11.1 Å². The molecule has 0 unspecified atom stereocenters. The Kier molecular flexibility index (Phi) is 2.78. The summed E-state index contributed by atoms with van der Waals surface area (Å²) in [5.41, 5.74) is 0.663. The zero-order chi connectivity index (χ0) is 12.4. The molecule has 0 spiro atoms. The molecule has 0 aliphatic heterocycles. The van der Waals surface area contributed by atoms with E-state index in [1.165, 1.54) is 6.07 Å². The molecule has 0 aromatic heterocycles. The van der Waals surface area contributed by atoms with Crippen molar-refractivity contribution in [1.29, 1.82) is 0 Å². The van der Waals surface area contributed by atoms with E-state index in [-0.39, 0.29) is 0 Å². The Morgan fingerprint density at radius 2 is 1.71 bits per heavy atom. The van der Waals surface area contributed by atoms with Crippen LogP contribution in [0.15, 0.2) is 42.5 Å². The molecule has 0 bridgehead atoms. The highest BCUT2D eigenvalue weighted by Gasteiger charge is 2.16. The van der Waals surface area contributed by atoms with Crippen molar-refractivity contribution in [1.82, 2.24) is 0 Å². The second-order valence-corrected chi connectivity index (χ2v) is 3.53. The third kappa shape index (κ3) is 2.10. The minimum absolute atomic E-state index is 0.415. The zero-order valence-corrected chi connectivity index (χ0v) is 8.72. The second kappa shape index (κ2) is 4.25. The molecule has 0 saturated heterocycles. The van der Waals surface area contributed by atoms with Crippen LogP contribution in [0, 0.1) is 5.82 Å². The van der Waals surface area contributed by atoms with Crippen LogP contribution in [0.4, 0.5) is 4.39 Å². The van der Waals surface area contributed by atoms with E-state index in [1.807, 2.05) is 0 Å². The van der Waals surface area contributed by atoms with Crippen molar-refractivity contribution in [3.63, 3.8) is 0 Å². The predicted octanol–water partition coefficient (Wildman–Crippen LogP) is 2.90. The molecule has 0 aliphatic carbocycles. The summed E-state index contributed by atoms with van der Waals surface area (Å²) < 4.78 is 13.4. The van der Waals surface area contributed by atoms with Gasteiger partial charge in [0.05, 0.1) is 0 Å². The molecule has 0 aliphatic rings. The van der Waals surface area contributed by atoms with Crippen LogP contribution >= 0.6 is 0 Å². The topological polar surface area (TPSA) is 57.5 Å². The minimum atomic E-state index is -1.36. The fourth-order valence-corrected chi connectivity index (χ4v) is 1.56. The summed E-state index contributed by atoms with van der Waals surface area (Å²) >= 11 is 0. The Hall–Kier alpha value is -2.36. The summed E-state index contributed by atoms with van der Waals surface area (Å²) in [6.45, 7) is 0. The quantitative estimate of drug-likeness (QED) is 0.836. The van der Waals surface area contributed by atoms with Gasteiger partial charge in [0.15, 0.2) is 11.6 Å². The summed E-state index contributed by atoms with van der Waals surface area (Å²) in [5, 5.41) is 18.1. The molecule has 86 valence electrons. The standard InChI is InChI=1S/C13H9FO3/c14-11-7-9(8-4-2-1-3-5-8)6-10(12(11)15)13(16)17/h1-7,15H,(H,16,17). The van der Waals surface area contributed by atoms with Crippen molar-refractivity contribution < 1.29 is 19.4 Å². The van der Waals surface area contributed by atoms with Gasteiger partial charge in [0.2, 0.25) is 0 Å². The fourth-order valence-electron chi connectivity index (χ4n) is 1.56. The highest BCUT2D eigenvalue weighted by atomic mass is 19.1. The molecule has 0 amide bonds. The lowest BCUT2D eigenvalue weighted by molar-refractivity contribution is 0.0693. The third-order valence-corrected chi connectivity index (χ3v) is 2.40. The SMILES string of the molecule is O=C(O)c1cc(-c2ccccc2)cc(F)c1O. The third-order valence-electron chi connectivity index (χ3n) is 2.40. The van der Waals surface area contributed by atoms with E-state index < -0.39 is 23.1 Å². The normalized spacial score (nSPS) is 10.2. The van der Waals surface area contributed by atoms with E-state index in [0.29, 0.717) is 11.1 Å². The molecular weight excluding hydrogens is 223 g/mol. The summed E-state index contributed by atoms with van der Waals surface area (Å²) in [6, 6.07) is 11.2. The van der Waals surface area contributed by atoms with Crippen LogP contribution in [0.2, 0.25) is 0 Å². The van der Waals surface area contributed by atoms with E-state index >= 15 is 0 Å². The molecule has 2 rings (SSSR count). The first-order chi connectivity index (χ1) is 8.09. The van der Waals surface area contributed by atoms with Crippen LogP contribution in [-0.2, 0) is 0 Å². The van der Waals surface area contributed by atoms with Crippen LogP contribution < -0.4 is 0 Å². The molecule has 0 saturated carbocycles. The number of benzene rings is 2. The number of aromatic hydroxyl groups is 1. The van der Waals surface area contributed by atoms with Crippen molar-refractivity contribution >= 4 is 5.97 Å². The van der Waals surface area contributed by atoms with Gasteiger partial charge >= 0.3 is 5.97 Å². The average Bonchev–Trinajstić information content (AvgIpc) is 2.33. The largest absolute Gasteiger partial charge is 0.504 e. The van der Waals surface area contributed by atoms with Crippen molar-refractivity contribution in [3.05, 3.63) is 53.8 Å². The molecule has 2 aromatic rings. The molecular formula is C13H9FO3. The van der Waals surface area contributed by atoms with Crippen LogP contribution in [0.1, 0.15) is 10.4 Å². The number of rotatable bonds is 2. The van der Waals surface area contributed by atoms with Crippen molar-refractivity contribution in [2.75, 3.05) is 0 Å². The molecule has 2 aromatic carbocycles. The van der Waals surface area contributed by atoms with Crippen molar-refractivity contribution in [2.45, 2.75) is 0 Å². The molecule has 17 heavy (non-hydrogen) atoms. The van der Waals surface area contributed by atoms with E-state index in [9.17, 15) is 14.3 Å². The first-order valence-electron chi connectivity index (χ1n) is 4.91. The zero-order valence-electron chi connectivity index (χ0n) is 8.72. The van der Waals surface area contributed by atoms with Gasteiger partial charge in [0.25, 0.3) is 0 Å². The van der Waals surface area contributed by atoms with Gasteiger partial charge in [-0.15, -0.1) is 0 Å². The van der Waals surface area contributed by atoms with Gasteiger partial charge in [-0.05, 0) is 23.3 Å². The second-order valence-electron chi connectivity index (χ2n) is 3.53. The number of hydrogen-bond acceptors (Lipinski definition) is 2. The molecule has 0 fully saturated rings. The van der Waals surface area contributed by atoms with Crippen molar-refractivity contribution in [2.24, 2.45) is 0 Å². The van der Waals surface area contributed by atoms with Gasteiger partial charge in [0.1, 0.15) is 5.56 Å². The number of carbonyl (C=O) groups is 1. The number of carboxylic acid groups (broad SMARTS) is 1. The highest BCUT2D eigenvalue weighted by Crippen LogP contribution is 2.28. The number of carboxylic acids is 1. The number of halogens is 1. The summed E-state index contributed by atoms with van der Waals surface area (Å²) in [6.07, 6.45) is 0. The molecule has 3 nitrogen and oxygen atoms in total. The summed E-state index contributed by atoms with van der Waals surface area (Å²) in [5.74, 6) is -3.14. The lowest BCUT2D eigenvalue weighted by Gasteiger charge is -2.06. The maximum atomic E-state index is 13.4. The lowest BCUT2D eigenvalue weighted by Crippen LogP contribution is -1.99. The average molecular weight is 232 g/mol. The van der Waals surface area contributed by atoms with Crippen molar-refractivity contribution in [3.8, 4) is 16.9 Å². The Labute approximate surface area is 96.8 Å². The Morgan fingerprint density at radius 3 is 2.29 bits per heavy atom. The van der Waals surface area contributed by atoms with Gasteiger partial charge in [-0.2, -0.15) is 0 Å². The first-order valence-corrected chi connectivity index (χ1v) is 4.91. The monoisotopic (exact) mass is 232 g/mol. The van der Waals surface area contributed by atoms with E-state index in [2.05, 4.69) is 0 Å². The first kappa shape index (κ1) is 11.1. The van der Waals surface area contributed by atoms with Gasteiger partial charge in [-0.25, -0.2) is 9.18 Å². The van der Waals surface area contributed by atoms with Crippen LogP contribution in [0.5, 0.6) is 5.75 Å². The summed E-state index contributed by atoms with van der Waals surface area (Å²) in [4.78, 5) is 10.8. The van der Waals surface area contributed by atoms with E-state index in [4.69, 9.17) is 5.11 Å². The maximum Gasteiger partial charge on any atom is 0.339 e. The lowest BCUT2D eigenvalue weighted by atomic mass is 10.0. The van der Waals surface area contributed by atoms with Gasteiger partial charge < -0.3 is 10.2 Å². The van der Waals surface area contributed by atoms with Gasteiger partial charge in [0, 0.05) is 0 Å². The molecule has 2 N–H and O–H groups in total. The predicted molar refractivity (Wildman–Crippen MR) is 60.5 cm³/mol. The van der Waals surface area contributed by atoms with Crippen LogP contribution in [-0.4, -0.2) is 16.2 Å². The molecule has 0 radical (unpaired) electrons.